The molecule has 1 amide bonds. The van der Waals surface area contributed by atoms with Crippen molar-refractivity contribution in [1.29, 1.82) is 0 Å². The number of ether oxygens (including phenoxy) is 2. The van der Waals surface area contributed by atoms with Crippen LogP contribution in [0.25, 0.3) is 0 Å². The molecule has 3 aromatic rings. The first-order valence-corrected chi connectivity index (χ1v) is 15.0. The Bertz CT molecular complexity index is 1520. The SMILES string of the molecule is C=CC(=O)Nc1cc(Nc2cc(N3OCC[C@@H]3c3ccc(Cl)c(F)c3)ncn2)c(OC)cc1N1CC[C@H](N2CCOCC2)C1. The van der Waals surface area contributed by atoms with Crippen molar-refractivity contribution in [2.45, 2.75) is 24.9 Å². The summed E-state index contributed by atoms with van der Waals surface area (Å²) in [5.74, 6) is 0.765. The lowest BCUT2D eigenvalue weighted by atomic mass is 10.0. The van der Waals surface area contributed by atoms with Crippen molar-refractivity contribution in [3.63, 3.8) is 0 Å². The molecule has 232 valence electrons. The highest BCUT2D eigenvalue weighted by molar-refractivity contribution is 6.30. The molecule has 3 saturated heterocycles. The Morgan fingerprint density at radius 2 is 1.95 bits per heavy atom. The zero-order valence-corrected chi connectivity index (χ0v) is 25.2. The Hall–Kier alpha value is -3.97. The summed E-state index contributed by atoms with van der Waals surface area (Å²) in [5.41, 5.74) is 2.83. The fourth-order valence-corrected chi connectivity index (χ4v) is 6.09. The number of aromatic nitrogens is 2. The Morgan fingerprint density at radius 3 is 2.73 bits per heavy atom. The molecule has 0 radical (unpaired) electrons. The van der Waals surface area contributed by atoms with E-state index in [0.717, 1.165) is 57.1 Å². The zero-order chi connectivity index (χ0) is 30.6. The molecule has 0 unspecified atom stereocenters. The standard InChI is InChI=1S/C31H35ClFN7O4/c1-3-31(41)37-24-15-25(28(42-2)16-27(24)39-8-6-21(18-39)38-9-12-43-13-10-38)36-29-17-30(35-19-34-29)40-26(7-11-44-40)20-4-5-22(32)23(33)14-20/h3-5,14-17,19,21,26H,1,6-13,18H2,2H3,(H,37,41)(H,34,35,36)/t21-,26+/m0/s1. The lowest BCUT2D eigenvalue weighted by Gasteiger charge is -2.32. The largest absolute Gasteiger partial charge is 0.494 e. The average Bonchev–Trinajstić information content (AvgIpc) is 3.74. The van der Waals surface area contributed by atoms with Crippen LogP contribution in [-0.4, -0.2) is 79.9 Å². The number of benzene rings is 2. The molecule has 0 spiro atoms. The van der Waals surface area contributed by atoms with Gasteiger partial charge in [-0.25, -0.2) is 19.4 Å². The van der Waals surface area contributed by atoms with Gasteiger partial charge in [-0.15, -0.1) is 0 Å². The lowest BCUT2D eigenvalue weighted by molar-refractivity contribution is -0.111. The van der Waals surface area contributed by atoms with Crippen LogP contribution in [0.2, 0.25) is 5.02 Å². The molecule has 0 bridgehead atoms. The van der Waals surface area contributed by atoms with E-state index in [1.54, 1.807) is 30.4 Å². The Kier molecular flexibility index (Phi) is 9.12. The summed E-state index contributed by atoms with van der Waals surface area (Å²) in [6, 6.07) is 10.4. The van der Waals surface area contributed by atoms with Gasteiger partial charge in [-0.2, -0.15) is 0 Å². The average molecular weight is 624 g/mol. The second-order valence-electron chi connectivity index (χ2n) is 10.8. The number of carbonyl (C=O) groups excluding carboxylic acids is 1. The predicted octanol–water partition coefficient (Wildman–Crippen LogP) is 4.94. The van der Waals surface area contributed by atoms with Crippen molar-refractivity contribution in [3.8, 4) is 5.75 Å². The highest BCUT2D eigenvalue weighted by atomic mass is 35.5. The summed E-state index contributed by atoms with van der Waals surface area (Å²) in [5, 5.41) is 8.01. The van der Waals surface area contributed by atoms with E-state index in [9.17, 15) is 9.18 Å². The summed E-state index contributed by atoms with van der Waals surface area (Å²) in [7, 11) is 1.60. The fourth-order valence-electron chi connectivity index (χ4n) is 5.97. The van der Waals surface area contributed by atoms with Crippen molar-refractivity contribution in [2.24, 2.45) is 0 Å². The molecule has 2 N–H and O–H groups in total. The maximum absolute atomic E-state index is 14.2. The molecule has 3 fully saturated rings. The van der Waals surface area contributed by atoms with E-state index in [1.165, 1.54) is 18.5 Å². The predicted molar refractivity (Wildman–Crippen MR) is 167 cm³/mol. The number of nitrogens with one attached hydrogen (secondary N) is 2. The van der Waals surface area contributed by atoms with Crippen molar-refractivity contribution >= 4 is 46.2 Å². The fraction of sp³-hybridized carbons (Fsp3) is 0.387. The van der Waals surface area contributed by atoms with Crippen LogP contribution >= 0.6 is 11.6 Å². The highest BCUT2D eigenvalue weighted by Crippen LogP contribution is 2.41. The molecule has 2 atom stereocenters. The minimum Gasteiger partial charge on any atom is -0.494 e. The summed E-state index contributed by atoms with van der Waals surface area (Å²) < 4.78 is 25.6. The van der Waals surface area contributed by atoms with Gasteiger partial charge in [-0.1, -0.05) is 24.2 Å². The van der Waals surface area contributed by atoms with Gasteiger partial charge in [0.25, 0.3) is 0 Å². The van der Waals surface area contributed by atoms with Crippen LogP contribution in [0.1, 0.15) is 24.4 Å². The van der Waals surface area contributed by atoms with Crippen molar-refractivity contribution in [1.82, 2.24) is 14.9 Å². The van der Waals surface area contributed by atoms with E-state index in [1.807, 2.05) is 12.1 Å². The molecule has 0 saturated carbocycles. The molecule has 3 aliphatic rings. The molecule has 3 aliphatic heterocycles. The number of anilines is 5. The van der Waals surface area contributed by atoms with Gasteiger partial charge in [0.15, 0.2) is 5.82 Å². The third-order valence-electron chi connectivity index (χ3n) is 8.20. The molecule has 0 aliphatic carbocycles. The van der Waals surface area contributed by atoms with E-state index in [2.05, 4.69) is 37.0 Å². The lowest BCUT2D eigenvalue weighted by Crippen LogP contribution is -2.44. The van der Waals surface area contributed by atoms with E-state index in [0.29, 0.717) is 47.8 Å². The first-order chi connectivity index (χ1) is 21.4. The minimum absolute atomic E-state index is 0.0676. The molecule has 44 heavy (non-hydrogen) atoms. The van der Waals surface area contributed by atoms with Crippen LogP contribution < -0.4 is 25.3 Å². The Balaban J connectivity index is 1.26. The molecule has 4 heterocycles. The van der Waals surface area contributed by atoms with Crippen molar-refractivity contribution < 1.29 is 23.5 Å². The first kappa shape index (κ1) is 30.1. The normalized spacial score (nSPS) is 20.5. The zero-order valence-electron chi connectivity index (χ0n) is 24.5. The third kappa shape index (κ3) is 6.43. The van der Waals surface area contributed by atoms with Gasteiger partial charge in [0.1, 0.15) is 23.7 Å². The summed E-state index contributed by atoms with van der Waals surface area (Å²) >= 11 is 5.90. The van der Waals surface area contributed by atoms with Crippen LogP contribution in [-0.2, 0) is 14.4 Å². The maximum Gasteiger partial charge on any atom is 0.247 e. The number of amides is 1. The molecule has 13 heteroatoms. The van der Waals surface area contributed by atoms with E-state index >= 15 is 0 Å². The highest BCUT2D eigenvalue weighted by Gasteiger charge is 2.32. The van der Waals surface area contributed by atoms with Crippen LogP contribution in [0.4, 0.5) is 33.1 Å². The van der Waals surface area contributed by atoms with Crippen molar-refractivity contribution in [3.05, 3.63) is 71.8 Å². The topological polar surface area (TPSA) is 104 Å². The first-order valence-electron chi connectivity index (χ1n) is 14.6. The third-order valence-corrected chi connectivity index (χ3v) is 8.51. The molecular formula is C31H35ClFN7O4. The number of halogens is 2. The van der Waals surface area contributed by atoms with Gasteiger partial charge >= 0.3 is 0 Å². The molecular weight excluding hydrogens is 589 g/mol. The number of carbonyl (C=O) groups is 1. The number of methoxy groups -OCH3 is 1. The number of hydrogen-bond donors (Lipinski definition) is 2. The van der Waals surface area contributed by atoms with Crippen LogP contribution in [0.3, 0.4) is 0 Å². The molecule has 11 nitrogen and oxygen atoms in total. The monoisotopic (exact) mass is 623 g/mol. The molecule has 6 rings (SSSR count). The van der Waals surface area contributed by atoms with Crippen LogP contribution in [0, 0.1) is 5.82 Å². The van der Waals surface area contributed by atoms with Gasteiger partial charge in [0.2, 0.25) is 5.91 Å². The van der Waals surface area contributed by atoms with Gasteiger partial charge in [-0.3, -0.25) is 14.5 Å². The summed E-state index contributed by atoms with van der Waals surface area (Å²) in [4.78, 5) is 31.9. The Labute approximate surface area is 260 Å². The smallest absolute Gasteiger partial charge is 0.247 e. The number of nitrogens with zero attached hydrogens (tertiary/aromatic N) is 5. The minimum atomic E-state index is -0.485. The molecule has 2 aromatic carbocycles. The number of hydrogen-bond acceptors (Lipinski definition) is 10. The number of rotatable bonds is 9. The second kappa shape index (κ2) is 13.3. The summed E-state index contributed by atoms with van der Waals surface area (Å²) in [6.07, 6.45) is 4.34. The van der Waals surface area contributed by atoms with Crippen LogP contribution in [0.5, 0.6) is 5.75 Å². The number of hydroxylamine groups is 1. The van der Waals surface area contributed by atoms with E-state index < -0.39 is 5.82 Å². The van der Waals surface area contributed by atoms with Gasteiger partial charge in [0, 0.05) is 50.8 Å². The molecule has 1 aromatic heterocycles. The van der Waals surface area contributed by atoms with Gasteiger partial charge in [0.05, 0.1) is 55.1 Å². The van der Waals surface area contributed by atoms with E-state index in [-0.39, 0.29) is 17.0 Å². The Morgan fingerprint density at radius 1 is 1.11 bits per heavy atom. The number of morpholine rings is 1. The van der Waals surface area contributed by atoms with E-state index in [4.69, 9.17) is 25.9 Å². The quantitative estimate of drug-likeness (QED) is 0.319. The van der Waals surface area contributed by atoms with Gasteiger partial charge < -0.3 is 25.0 Å². The maximum atomic E-state index is 14.2. The van der Waals surface area contributed by atoms with Crippen LogP contribution in [0.15, 0.2) is 55.4 Å². The van der Waals surface area contributed by atoms with Crippen molar-refractivity contribution in [2.75, 3.05) is 73.7 Å². The van der Waals surface area contributed by atoms with Gasteiger partial charge in [-0.05, 0) is 36.3 Å². The second-order valence-corrected chi connectivity index (χ2v) is 11.2. The summed E-state index contributed by atoms with van der Waals surface area (Å²) in [6.45, 7) is 9.09.